The Bertz CT molecular complexity index is 753. The zero-order chi connectivity index (χ0) is 15.1. The molecule has 0 aliphatic heterocycles. The van der Waals surface area contributed by atoms with Gasteiger partial charge >= 0.3 is 0 Å². The van der Waals surface area contributed by atoms with Gasteiger partial charge in [0.2, 0.25) is 9.84 Å². The van der Waals surface area contributed by atoms with E-state index in [9.17, 15) is 18.6 Å². The minimum Gasteiger partial charge on any atom is -0.507 e. The normalized spacial score (nSPS) is 11.6. The summed E-state index contributed by atoms with van der Waals surface area (Å²) in [7, 11) is -3.82. The molecule has 2 rings (SSSR count). The summed E-state index contributed by atoms with van der Waals surface area (Å²) in [5.74, 6) is -0.198. The molecule has 2 aromatic carbocycles. The Kier molecular flexibility index (Phi) is 3.48. The number of rotatable bonds is 2. The molecule has 0 unspecified atom stereocenters. The Morgan fingerprint density at radius 1 is 0.900 bits per heavy atom. The summed E-state index contributed by atoms with van der Waals surface area (Å²) in [5.41, 5.74) is 1.71. The zero-order valence-electron chi connectivity index (χ0n) is 11.5. The maximum absolute atomic E-state index is 12.6. The second-order valence-electron chi connectivity index (χ2n) is 4.88. The van der Waals surface area contributed by atoms with Gasteiger partial charge in [-0.1, -0.05) is 6.07 Å². The summed E-state index contributed by atoms with van der Waals surface area (Å²) in [5, 5.41) is 19.5. The van der Waals surface area contributed by atoms with Crippen LogP contribution in [0.5, 0.6) is 11.5 Å². The quantitative estimate of drug-likeness (QED) is 0.892. The van der Waals surface area contributed by atoms with Crippen molar-refractivity contribution in [3.8, 4) is 11.5 Å². The average molecular weight is 292 g/mol. The molecule has 106 valence electrons. The van der Waals surface area contributed by atoms with Gasteiger partial charge in [0, 0.05) is 0 Å². The minimum absolute atomic E-state index is 0.0613. The summed E-state index contributed by atoms with van der Waals surface area (Å²) in [6, 6.07) is 7.24. The highest BCUT2D eigenvalue weighted by atomic mass is 32.2. The summed E-state index contributed by atoms with van der Waals surface area (Å²) in [6.45, 7) is 5.03. The molecular formula is C15H16O4S. The van der Waals surface area contributed by atoms with E-state index in [1.807, 2.05) is 0 Å². The molecule has 0 fully saturated rings. The maximum atomic E-state index is 12.6. The third-order valence-electron chi connectivity index (χ3n) is 3.18. The van der Waals surface area contributed by atoms with Gasteiger partial charge in [-0.15, -0.1) is 0 Å². The van der Waals surface area contributed by atoms with Crippen LogP contribution in [0.2, 0.25) is 0 Å². The number of aryl methyl sites for hydroxylation is 3. The summed E-state index contributed by atoms with van der Waals surface area (Å²) in [6.07, 6.45) is 0. The van der Waals surface area contributed by atoms with Crippen molar-refractivity contribution in [2.45, 2.75) is 30.6 Å². The van der Waals surface area contributed by atoms with E-state index in [-0.39, 0.29) is 21.3 Å². The fourth-order valence-corrected chi connectivity index (χ4v) is 3.64. The summed E-state index contributed by atoms with van der Waals surface area (Å²) >= 11 is 0. The van der Waals surface area contributed by atoms with Crippen LogP contribution in [0.3, 0.4) is 0 Å². The second kappa shape index (κ2) is 4.83. The zero-order valence-corrected chi connectivity index (χ0v) is 12.3. The number of phenolic OH excluding ortho intramolecular Hbond substituents is 2. The lowest BCUT2D eigenvalue weighted by Gasteiger charge is -2.11. The number of hydrogen-bond donors (Lipinski definition) is 2. The number of sulfone groups is 1. The van der Waals surface area contributed by atoms with Crippen LogP contribution in [0.1, 0.15) is 16.7 Å². The van der Waals surface area contributed by atoms with Crippen molar-refractivity contribution >= 4 is 9.84 Å². The van der Waals surface area contributed by atoms with Gasteiger partial charge < -0.3 is 10.2 Å². The number of benzene rings is 2. The fourth-order valence-electron chi connectivity index (χ4n) is 2.03. The van der Waals surface area contributed by atoms with Gasteiger partial charge in [0.15, 0.2) is 0 Å². The van der Waals surface area contributed by atoms with Crippen LogP contribution in [0, 0.1) is 20.8 Å². The number of aromatic hydroxyl groups is 2. The summed E-state index contributed by atoms with van der Waals surface area (Å²) in [4.78, 5) is -0.0619. The van der Waals surface area contributed by atoms with Crippen molar-refractivity contribution in [1.82, 2.24) is 0 Å². The van der Waals surface area contributed by atoms with Gasteiger partial charge in [0.25, 0.3) is 0 Å². The molecule has 0 radical (unpaired) electrons. The van der Waals surface area contributed by atoms with E-state index in [0.717, 1.165) is 5.56 Å². The van der Waals surface area contributed by atoms with E-state index in [1.165, 1.54) is 24.3 Å². The Labute approximate surface area is 118 Å². The molecule has 0 saturated carbocycles. The lowest BCUT2D eigenvalue weighted by Crippen LogP contribution is -2.04. The first-order valence-electron chi connectivity index (χ1n) is 6.08. The fraction of sp³-hybridized carbons (Fsp3) is 0.200. The minimum atomic E-state index is -3.82. The molecule has 0 spiro atoms. The molecule has 0 aliphatic rings. The van der Waals surface area contributed by atoms with Gasteiger partial charge in [-0.2, -0.15) is 0 Å². The van der Waals surface area contributed by atoms with Crippen molar-refractivity contribution < 1.29 is 18.6 Å². The average Bonchev–Trinajstić information content (AvgIpc) is 2.38. The molecule has 20 heavy (non-hydrogen) atoms. The largest absolute Gasteiger partial charge is 0.507 e. The smallest absolute Gasteiger partial charge is 0.210 e. The SMILES string of the molecule is Cc1ccc(O)c(S(=O)(=O)c2cc(C)c(O)c(C)c2)c1. The van der Waals surface area contributed by atoms with E-state index in [4.69, 9.17) is 0 Å². The molecule has 0 saturated heterocycles. The third kappa shape index (κ3) is 2.36. The van der Waals surface area contributed by atoms with Crippen molar-refractivity contribution in [3.05, 3.63) is 47.0 Å². The van der Waals surface area contributed by atoms with Gasteiger partial charge in [0.1, 0.15) is 16.4 Å². The maximum Gasteiger partial charge on any atom is 0.210 e. The van der Waals surface area contributed by atoms with E-state index in [2.05, 4.69) is 0 Å². The van der Waals surface area contributed by atoms with Crippen LogP contribution >= 0.6 is 0 Å². The van der Waals surface area contributed by atoms with Crippen molar-refractivity contribution in [2.24, 2.45) is 0 Å². The molecule has 4 nitrogen and oxygen atoms in total. The first-order valence-corrected chi connectivity index (χ1v) is 7.56. The molecule has 0 amide bonds. The van der Waals surface area contributed by atoms with E-state index >= 15 is 0 Å². The summed E-state index contributed by atoms with van der Waals surface area (Å²) < 4.78 is 25.2. The Hall–Kier alpha value is -2.01. The Morgan fingerprint density at radius 3 is 2.00 bits per heavy atom. The molecule has 0 atom stereocenters. The predicted molar refractivity (Wildman–Crippen MR) is 75.9 cm³/mol. The molecule has 2 aromatic rings. The van der Waals surface area contributed by atoms with Crippen LogP contribution in [-0.4, -0.2) is 18.6 Å². The van der Waals surface area contributed by atoms with Crippen LogP contribution < -0.4 is 0 Å². The van der Waals surface area contributed by atoms with Crippen LogP contribution in [-0.2, 0) is 9.84 Å². The van der Waals surface area contributed by atoms with Gasteiger partial charge in [0.05, 0.1) is 4.90 Å². The first kappa shape index (κ1) is 14.4. The standard InChI is InChI=1S/C15H16O4S/c1-9-4-5-13(16)14(6-9)20(18,19)12-7-10(2)15(17)11(3)8-12/h4-8,16-17H,1-3H3. The Morgan fingerprint density at radius 2 is 1.45 bits per heavy atom. The van der Waals surface area contributed by atoms with Gasteiger partial charge in [-0.05, 0) is 61.7 Å². The highest BCUT2D eigenvalue weighted by molar-refractivity contribution is 7.91. The second-order valence-corrected chi connectivity index (χ2v) is 6.80. The van der Waals surface area contributed by atoms with E-state index in [0.29, 0.717) is 11.1 Å². The molecular weight excluding hydrogens is 276 g/mol. The lowest BCUT2D eigenvalue weighted by atomic mass is 10.1. The van der Waals surface area contributed by atoms with Crippen molar-refractivity contribution in [2.75, 3.05) is 0 Å². The molecule has 2 N–H and O–H groups in total. The highest BCUT2D eigenvalue weighted by Crippen LogP contribution is 2.32. The third-order valence-corrected chi connectivity index (χ3v) is 4.94. The van der Waals surface area contributed by atoms with Gasteiger partial charge in [-0.25, -0.2) is 8.42 Å². The van der Waals surface area contributed by atoms with Crippen LogP contribution in [0.4, 0.5) is 0 Å². The van der Waals surface area contributed by atoms with E-state index < -0.39 is 9.84 Å². The highest BCUT2D eigenvalue weighted by Gasteiger charge is 2.23. The number of hydrogen-bond acceptors (Lipinski definition) is 4. The molecule has 0 bridgehead atoms. The monoisotopic (exact) mass is 292 g/mol. The van der Waals surface area contributed by atoms with Gasteiger partial charge in [-0.3, -0.25) is 0 Å². The molecule has 0 aliphatic carbocycles. The first-order chi connectivity index (χ1) is 9.23. The van der Waals surface area contributed by atoms with Crippen molar-refractivity contribution in [1.29, 1.82) is 0 Å². The molecule has 0 heterocycles. The lowest BCUT2D eigenvalue weighted by molar-refractivity contribution is 0.458. The van der Waals surface area contributed by atoms with Crippen LogP contribution in [0.15, 0.2) is 40.1 Å². The predicted octanol–water partition coefficient (Wildman–Crippen LogP) is 2.86. The Balaban J connectivity index is 2.70. The number of phenols is 2. The molecule has 0 aromatic heterocycles. The van der Waals surface area contributed by atoms with Crippen LogP contribution in [0.25, 0.3) is 0 Å². The topological polar surface area (TPSA) is 74.6 Å². The van der Waals surface area contributed by atoms with Crippen molar-refractivity contribution in [3.63, 3.8) is 0 Å². The van der Waals surface area contributed by atoms with E-state index in [1.54, 1.807) is 26.8 Å². The molecule has 5 heteroatoms.